The maximum absolute atomic E-state index is 13.2. The summed E-state index contributed by atoms with van der Waals surface area (Å²) in [6, 6.07) is 3.13. The number of carbonyl (C=O) groups excluding carboxylic acids is 4. The number of hydrogen-bond donors (Lipinski definition) is 1. The summed E-state index contributed by atoms with van der Waals surface area (Å²) in [7, 11) is 1.52. The number of rotatable bonds is 2. The second-order valence-corrected chi connectivity index (χ2v) is 9.87. The molecule has 1 saturated heterocycles. The third kappa shape index (κ3) is 4.40. The monoisotopic (exact) mass is 438 g/mol. The molecule has 7 heteroatoms. The van der Waals surface area contributed by atoms with Crippen LogP contribution < -0.4 is 10.1 Å². The minimum Gasteiger partial charge on any atom is -0.496 e. The third-order valence-electron chi connectivity index (χ3n) is 6.11. The molecule has 0 atom stereocenters. The topological polar surface area (TPSA) is 92.8 Å². The Morgan fingerprint density at radius 2 is 1.75 bits per heavy atom. The lowest BCUT2D eigenvalue weighted by molar-refractivity contribution is -0.142. The highest BCUT2D eigenvalue weighted by atomic mass is 16.5. The van der Waals surface area contributed by atoms with Crippen LogP contribution in [0, 0.1) is 29.6 Å². The van der Waals surface area contributed by atoms with Gasteiger partial charge in [0.15, 0.2) is 0 Å². The molecule has 3 rings (SSSR count). The lowest BCUT2D eigenvalue weighted by Crippen LogP contribution is -2.64. The molecular formula is C25H30N2O5. The lowest BCUT2D eigenvalue weighted by atomic mass is 9.63. The van der Waals surface area contributed by atoms with E-state index in [1.165, 1.54) is 12.0 Å². The van der Waals surface area contributed by atoms with Gasteiger partial charge in [0.2, 0.25) is 5.91 Å². The summed E-state index contributed by atoms with van der Waals surface area (Å²) in [6.07, 6.45) is 0.416. The van der Waals surface area contributed by atoms with Crippen LogP contribution in [-0.4, -0.2) is 48.6 Å². The SMILES string of the molecule is CC#Cc1cc(C)c(C2C(=O)CC3(CC2=O)CN(C(=O)NC(=O)C(C)(C)C)C3)c(OC)c1. The van der Waals surface area contributed by atoms with E-state index >= 15 is 0 Å². The zero-order chi connectivity index (χ0) is 23.8. The largest absolute Gasteiger partial charge is 0.496 e. The van der Waals surface area contributed by atoms with Gasteiger partial charge in [-0.05, 0) is 31.5 Å². The molecule has 7 nitrogen and oxygen atoms in total. The summed E-state index contributed by atoms with van der Waals surface area (Å²) in [5, 5.41) is 2.39. The molecule has 1 aromatic carbocycles. The molecule has 0 unspecified atom stereocenters. The molecule has 1 N–H and O–H groups in total. The fourth-order valence-corrected chi connectivity index (χ4v) is 4.52. The number of urea groups is 1. The Labute approximate surface area is 188 Å². The van der Waals surface area contributed by atoms with Crippen LogP contribution in [0.15, 0.2) is 12.1 Å². The van der Waals surface area contributed by atoms with Crippen molar-refractivity contribution < 1.29 is 23.9 Å². The van der Waals surface area contributed by atoms with Gasteiger partial charge < -0.3 is 9.64 Å². The van der Waals surface area contributed by atoms with E-state index in [0.717, 1.165) is 11.1 Å². The van der Waals surface area contributed by atoms with Crippen LogP contribution in [-0.2, 0) is 14.4 Å². The number of imide groups is 1. The van der Waals surface area contributed by atoms with Gasteiger partial charge in [0.05, 0.1) is 7.11 Å². The van der Waals surface area contributed by atoms with Gasteiger partial charge in [-0.15, -0.1) is 5.92 Å². The van der Waals surface area contributed by atoms with Crippen molar-refractivity contribution in [2.75, 3.05) is 20.2 Å². The Morgan fingerprint density at radius 1 is 1.16 bits per heavy atom. The first-order valence-electron chi connectivity index (χ1n) is 10.7. The average Bonchev–Trinajstić information content (AvgIpc) is 2.65. The fraction of sp³-hybridized carbons (Fsp3) is 0.520. The molecule has 0 radical (unpaired) electrons. The molecule has 1 aliphatic heterocycles. The van der Waals surface area contributed by atoms with Crippen molar-refractivity contribution in [3.8, 4) is 17.6 Å². The summed E-state index contributed by atoms with van der Waals surface area (Å²) in [6.45, 7) is 9.33. The zero-order valence-corrected chi connectivity index (χ0v) is 19.5. The van der Waals surface area contributed by atoms with Crippen LogP contribution in [0.4, 0.5) is 4.79 Å². The van der Waals surface area contributed by atoms with Crippen LogP contribution in [0.2, 0.25) is 0 Å². The number of ether oxygens (including phenoxy) is 1. The van der Waals surface area contributed by atoms with Gasteiger partial charge in [-0.3, -0.25) is 19.7 Å². The van der Waals surface area contributed by atoms with Crippen LogP contribution in [0.25, 0.3) is 0 Å². The molecule has 2 aliphatic rings. The van der Waals surface area contributed by atoms with Gasteiger partial charge in [0, 0.05) is 47.9 Å². The van der Waals surface area contributed by atoms with Crippen molar-refractivity contribution in [2.24, 2.45) is 10.8 Å². The first-order chi connectivity index (χ1) is 14.9. The standard InChI is InChI=1S/C25H30N2O5/c1-7-8-16-9-15(2)20(19(10-16)32-6)21-17(28)11-25(12-18(21)29)13-27(14-25)23(31)26-22(30)24(3,4)5/h9-10,21H,11-14H2,1-6H3,(H,26,30,31). The van der Waals surface area contributed by atoms with Gasteiger partial charge >= 0.3 is 6.03 Å². The van der Waals surface area contributed by atoms with E-state index in [4.69, 9.17) is 4.74 Å². The normalized spacial score (nSPS) is 18.0. The summed E-state index contributed by atoms with van der Waals surface area (Å²) < 4.78 is 5.50. The number of carbonyl (C=O) groups is 4. The first-order valence-corrected chi connectivity index (χ1v) is 10.7. The number of amides is 3. The van der Waals surface area contributed by atoms with Crippen LogP contribution in [0.3, 0.4) is 0 Å². The smallest absolute Gasteiger partial charge is 0.324 e. The Morgan fingerprint density at radius 3 is 2.25 bits per heavy atom. The predicted molar refractivity (Wildman–Crippen MR) is 119 cm³/mol. The number of methoxy groups -OCH3 is 1. The molecule has 1 aliphatic carbocycles. The van der Waals surface area contributed by atoms with E-state index in [1.54, 1.807) is 33.8 Å². The van der Waals surface area contributed by atoms with Gasteiger partial charge in [-0.1, -0.05) is 26.7 Å². The highest BCUT2D eigenvalue weighted by Crippen LogP contribution is 2.47. The predicted octanol–water partition coefficient (Wildman–Crippen LogP) is 2.97. The maximum Gasteiger partial charge on any atom is 0.324 e. The van der Waals surface area contributed by atoms with Crippen molar-refractivity contribution in [2.45, 2.75) is 53.4 Å². The van der Waals surface area contributed by atoms with Crippen molar-refractivity contribution in [1.82, 2.24) is 10.2 Å². The number of aryl methyl sites for hydroxylation is 1. The highest BCUT2D eigenvalue weighted by molar-refractivity contribution is 6.11. The highest BCUT2D eigenvalue weighted by Gasteiger charge is 2.54. The van der Waals surface area contributed by atoms with Crippen LogP contribution >= 0.6 is 0 Å². The second kappa shape index (κ2) is 8.42. The Hall–Kier alpha value is -3.14. The van der Waals surface area contributed by atoms with Gasteiger partial charge in [0.25, 0.3) is 0 Å². The maximum atomic E-state index is 13.2. The average molecular weight is 439 g/mol. The van der Waals surface area contributed by atoms with E-state index in [1.807, 2.05) is 13.0 Å². The minimum atomic E-state index is -0.871. The molecular weight excluding hydrogens is 408 g/mol. The second-order valence-electron chi connectivity index (χ2n) is 9.87. The van der Waals surface area contributed by atoms with Gasteiger partial charge in [0.1, 0.15) is 23.2 Å². The molecule has 3 amide bonds. The summed E-state index contributed by atoms with van der Waals surface area (Å²) >= 11 is 0. The van der Waals surface area contributed by atoms with Crippen molar-refractivity contribution in [3.63, 3.8) is 0 Å². The first kappa shape index (κ1) is 23.5. The summed E-state index contributed by atoms with van der Waals surface area (Å²) in [4.78, 5) is 52.2. The molecule has 32 heavy (non-hydrogen) atoms. The fourth-order valence-electron chi connectivity index (χ4n) is 4.52. The molecule has 0 bridgehead atoms. The van der Waals surface area contributed by atoms with Crippen LogP contribution in [0.5, 0.6) is 5.75 Å². The molecule has 1 saturated carbocycles. The molecule has 1 spiro atoms. The van der Waals surface area contributed by atoms with E-state index < -0.39 is 22.8 Å². The summed E-state index contributed by atoms with van der Waals surface area (Å²) in [5.74, 6) is 4.74. The Kier molecular flexibility index (Phi) is 6.19. The lowest BCUT2D eigenvalue weighted by Gasteiger charge is -2.52. The van der Waals surface area contributed by atoms with E-state index in [0.29, 0.717) is 11.3 Å². The Balaban J connectivity index is 1.75. The minimum absolute atomic E-state index is 0.164. The molecule has 1 heterocycles. The zero-order valence-electron chi connectivity index (χ0n) is 19.5. The molecule has 1 aromatic rings. The Bertz CT molecular complexity index is 1030. The number of benzene rings is 1. The van der Waals surface area contributed by atoms with E-state index in [-0.39, 0.29) is 43.4 Å². The van der Waals surface area contributed by atoms with E-state index in [2.05, 4.69) is 17.2 Å². The third-order valence-corrected chi connectivity index (χ3v) is 6.11. The van der Waals surface area contributed by atoms with E-state index in [9.17, 15) is 19.2 Å². The number of nitrogens with zero attached hydrogens (tertiary/aromatic N) is 1. The molecule has 170 valence electrons. The van der Waals surface area contributed by atoms with Gasteiger partial charge in [-0.2, -0.15) is 0 Å². The number of nitrogens with one attached hydrogen (secondary N) is 1. The van der Waals surface area contributed by atoms with Crippen molar-refractivity contribution >= 4 is 23.5 Å². The number of ketones is 2. The number of likely N-dealkylation sites (tertiary alicyclic amines) is 1. The quantitative estimate of drug-likeness (QED) is 0.566. The van der Waals surface area contributed by atoms with Gasteiger partial charge in [-0.25, -0.2) is 4.79 Å². The molecule has 0 aromatic heterocycles. The summed E-state index contributed by atoms with van der Waals surface area (Å²) in [5.41, 5.74) is 0.922. The van der Waals surface area contributed by atoms with Crippen molar-refractivity contribution in [1.29, 1.82) is 0 Å². The number of Topliss-reactive ketones (excluding diaryl/α,β-unsaturated/α-hetero) is 2. The molecule has 2 fully saturated rings. The van der Waals surface area contributed by atoms with Crippen LogP contribution in [0.1, 0.15) is 63.1 Å². The van der Waals surface area contributed by atoms with Crippen molar-refractivity contribution in [3.05, 3.63) is 28.8 Å². The number of hydrogen-bond acceptors (Lipinski definition) is 5.